The smallest absolute Gasteiger partial charge is 0.253 e. The fraction of sp³-hybridized carbons (Fsp3) is 0.269. The van der Waals surface area contributed by atoms with Gasteiger partial charge in [-0.3, -0.25) is 0 Å². The summed E-state index contributed by atoms with van der Waals surface area (Å²) >= 11 is 0. The molecule has 0 aliphatic rings. The van der Waals surface area contributed by atoms with Crippen molar-refractivity contribution < 1.29 is 9.26 Å². The van der Waals surface area contributed by atoms with Crippen LogP contribution in [0.15, 0.2) is 84.0 Å². The molecular weight excluding hydrogens is 386 g/mol. The molecule has 0 N–H and O–H groups in total. The predicted octanol–water partition coefficient (Wildman–Crippen LogP) is 5.16. The molecular formula is C26H31NO2Si. The van der Waals surface area contributed by atoms with Gasteiger partial charge >= 0.3 is 0 Å². The third-order valence-corrected chi connectivity index (χ3v) is 8.74. The molecule has 0 radical (unpaired) electrons. The van der Waals surface area contributed by atoms with Crippen LogP contribution in [0.5, 0.6) is 0 Å². The summed E-state index contributed by atoms with van der Waals surface area (Å²) in [6.45, 7) is 10.8. The Morgan fingerprint density at radius 3 is 1.90 bits per heavy atom. The quantitative estimate of drug-likeness (QED) is 0.288. The standard InChI is InChI=1S/C26H31NO2Si/c1-20(2)27-28-19-26(23-13-7-6-8-14-23)29-30(5,24-15-9-11-21(3)17-24)25-16-10-12-22(4)18-25/h6-18,26H,19H2,1-5H3/t26-/m0/s1. The lowest BCUT2D eigenvalue weighted by Gasteiger charge is -2.33. The zero-order chi connectivity index (χ0) is 21.6. The van der Waals surface area contributed by atoms with Crippen LogP contribution >= 0.6 is 0 Å². The average molecular weight is 418 g/mol. The molecule has 0 aliphatic carbocycles. The van der Waals surface area contributed by atoms with Crippen LogP contribution in [0.2, 0.25) is 6.55 Å². The van der Waals surface area contributed by atoms with Crippen molar-refractivity contribution in [2.24, 2.45) is 5.16 Å². The number of hydrogen-bond donors (Lipinski definition) is 0. The van der Waals surface area contributed by atoms with Gasteiger partial charge in [-0.25, -0.2) is 0 Å². The van der Waals surface area contributed by atoms with Crippen LogP contribution in [-0.2, 0) is 9.26 Å². The molecule has 30 heavy (non-hydrogen) atoms. The van der Waals surface area contributed by atoms with E-state index in [-0.39, 0.29) is 6.10 Å². The van der Waals surface area contributed by atoms with Crippen LogP contribution in [0, 0.1) is 13.8 Å². The van der Waals surface area contributed by atoms with Gasteiger partial charge in [-0.1, -0.05) is 95.1 Å². The van der Waals surface area contributed by atoms with Gasteiger partial charge in [0.2, 0.25) is 0 Å². The van der Waals surface area contributed by atoms with Crippen molar-refractivity contribution in [3.63, 3.8) is 0 Å². The summed E-state index contributed by atoms with van der Waals surface area (Å²) < 4.78 is 7.03. The summed E-state index contributed by atoms with van der Waals surface area (Å²) in [5.41, 5.74) is 4.46. The fourth-order valence-electron chi connectivity index (χ4n) is 3.57. The fourth-order valence-corrected chi connectivity index (χ4v) is 6.78. The van der Waals surface area contributed by atoms with Gasteiger partial charge in [-0.05, 0) is 50.2 Å². The highest BCUT2D eigenvalue weighted by molar-refractivity contribution is 6.96. The Morgan fingerprint density at radius 1 is 0.833 bits per heavy atom. The summed E-state index contributed by atoms with van der Waals surface area (Å²) in [7, 11) is -2.52. The maximum absolute atomic E-state index is 7.03. The predicted molar refractivity (Wildman–Crippen MR) is 128 cm³/mol. The van der Waals surface area contributed by atoms with Crippen molar-refractivity contribution in [3.8, 4) is 0 Å². The number of rotatable bonds is 8. The molecule has 156 valence electrons. The third kappa shape index (κ3) is 5.46. The lowest BCUT2D eigenvalue weighted by Crippen LogP contribution is -2.59. The molecule has 4 heteroatoms. The molecule has 3 aromatic rings. The van der Waals surface area contributed by atoms with E-state index < -0.39 is 8.32 Å². The molecule has 0 unspecified atom stereocenters. The van der Waals surface area contributed by atoms with E-state index in [2.05, 4.69) is 86.2 Å². The van der Waals surface area contributed by atoms with Crippen molar-refractivity contribution in [2.45, 2.75) is 40.3 Å². The highest BCUT2D eigenvalue weighted by Gasteiger charge is 2.37. The van der Waals surface area contributed by atoms with Crippen molar-refractivity contribution >= 4 is 24.4 Å². The van der Waals surface area contributed by atoms with E-state index in [0.29, 0.717) is 6.61 Å². The van der Waals surface area contributed by atoms with Crippen molar-refractivity contribution in [1.29, 1.82) is 0 Å². The van der Waals surface area contributed by atoms with Crippen molar-refractivity contribution in [2.75, 3.05) is 6.61 Å². The highest BCUT2D eigenvalue weighted by atomic mass is 28.4. The van der Waals surface area contributed by atoms with Gasteiger partial charge in [0.1, 0.15) is 12.7 Å². The van der Waals surface area contributed by atoms with Gasteiger partial charge in [-0.2, -0.15) is 0 Å². The molecule has 0 aromatic heterocycles. The summed E-state index contributed by atoms with van der Waals surface area (Å²) in [5, 5.41) is 6.65. The van der Waals surface area contributed by atoms with E-state index in [4.69, 9.17) is 9.26 Å². The number of benzene rings is 3. The van der Waals surface area contributed by atoms with Crippen molar-refractivity contribution in [3.05, 3.63) is 95.6 Å². The molecule has 0 saturated heterocycles. The summed E-state index contributed by atoms with van der Waals surface area (Å²) in [4.78, 5) is 5.66. The first kappa shape index (κ1) is 22.0. The van der Waals surface area contributed by atoms with E-state index in [1.165, 1.54) is 21.5 Å². The van der Waals surface area contributed by atoms with E-state index in [0.717, 1.165) is 11.3 Å². The van der Waals surface area contributed by atoms with E-state index in [9.17, 15) is 0 Å². The summed E-state index contributed by atoms with van der Waals surface area (Å²) in [5.74, 6) is 0. The van der Waals surface area contributed by atoms with Gasteiger partial charge in [-0.15, -0.1) is 0 Å². The minimum absolute atomic E-state index is 0.216. The minimum Gasteiger partial charge on any atom is -0.398 e. The van der Waals surface area contributed by atoms with Gasteiger partial charge in [0.15, 0.2) is 0 Å². The van der Waals surface area contributed by atoms with E-state index >= 15 is 0 Å². The molecule has 0 saturated carbocycles. The van der Waals surface area contributed by atoms with Gasteiger partial charge in [0.05, 0.1) is 5.71 Å². The Labute approximate surface area is 181 Å². The molecule has 3 aromatic carbocycles. The molecule has 3 rings (SSSR count). The van der Waals surface area contributed by atoms with Crippen LogP contribution in [-0.4, -0.2) is 20.6 Å². The first-order valence-electron chi connectivity index (χ1n) is 10.4. The zero-order valence-corrected chi connectivity index (χ0v) is 19.6. The van der Waals surface area contributed by atoms with Gasteiger partial charge in [0, 0.05) is 0 Å². The minimum atomic E-state index is -2.52. The maximum atomic E-state index is 7.03. The summed E-state index contributed by atoms with van der Waals surface area (Å²) in [6, 6.07) is 27.7. The van der Waals surface area contributed by atoms with Gasteiger partial charge in [0.25, 0.3) is 8.32 Å². The number of hydrogen-bond acceptors (Lipinski definition) is 3. The molecule has 0 aliphatic heterocycles. The maximum Gasteiger partial charge on any atom is 0.253 e. The normalized spacial score (nSPS) is 12.3. The SMILES string of the molecule is CC(C)=NOC[C@H](O[Si](C)(c1cccc(C)c1)c1cccc(C)c1)c1ccccc1. The Balaban J connectivity index is 2.05. The Hall–Kier alpha value is -2.69. The second-order valence-corrected chi connectivity index (χ2v) is 11.6. The van der Waals surface area contributed by atoms with Crippen LogP contribution in [0.1, 0.15) is 36.6 Å². The number of oxime groups is 1. The highest BCUT2D eigenvalue weighted by Crippen LogP contribution is 2.24. The zero-order valence-electron chi connectivity index (χ0n) is 18.6. The topological polar surface area (TPSA) is 30.8 Å². The second-order valence-electron chi connectivity index (χ2n) is 8.12. The lowest BCUT2D eigenvalue weighted by molar-refractivity contribution is 0.0511. The van der Waals surface area contributed by atoms with Crippen LogP contribution < -0.4 is 10.4 Å². The largest absolute Gasteiger partial charge is 0.398 e. The Bertz CT molecular complexity index is 951. The number of aryl methyl sites for hydroxylation is 2. The molecule has 0 heterocycles. The first-order valence-corrected chi connectivity index (χ1v) is 12.8. The van der Waals surface area contributed by atoms with E-state index in [1.807, 2.05) is 32.0 Å². The molecule has 0 amide bonds. The first-order chi connectivity index (χ1) is 14.4. The average Bonchev–Trinajstić information content (AvgIpc) is 2.73. The molecule has 3 nitrogen and oxygen atoms in total. The lowest BCUT2D eigenvalue weighted by atomic mass is 10.1. The third-order valence-electron chi connectivity index (χ3n) is 5.16. The van der Waals surface area contributed by atoms with Crippen LogP contribution in [0.25, 0.3) is 0 Å². The second kappa shape index (κ2) is 9.87. The molecule has 1 atom stereocenters. The molecule has 0 bridgehead atoms. The van der Waals surface area contributed by atoms with Crippen molar-refractivity contribution in [1.82, 2.24) is 0 Å². The summed E-state index contributed by atoms with van der Waals surface area (Å²) in [6.07, 6.45) is -0.216. The molecule has 0 fully saturated rings. The van der Waals surface area contributed by atoms with Gasteiger partial charge < -0.3 is 9.26 Å². The van der Waals surface area contributed by atoms with Crippen LogP contribution in [0.3, 0.4) is 0 Å². The molecule has 0 spiro atoms. The number of nitrogens with zero attached hydrogens (tertiary/aromatic N) is 1. The van der Waals surface area contributed by atoms with E-state index in [1.54, 1.807) is 0 Å². The van der Waals surface area contributed by atoms with Crippen LogP contribution in [0.4, 0.5) is 0 Å². The monoisotopic (exact) mass is 417 g/mol. The Morgan fingerprint density at radius 2 is 1.40 bits per heavy atom. The Kier molecular flexibility index (Phi) is 7.24.